The predicted octanol–water partition coefficient (Wildman–Crippen LogP) is 4.00. The van der Waals surface area contributed by atoms with Gasteiger partial charge >= 0.3 is 6.36 Å². The number of rotatable bonds is 7. The highest BCUT2D eigenvalue weighted by Crippen LogP contribution is 2.27. The number of nitro groups is 1. The van der Waals surface area contributed by atoms with Gasteiger partial charge in [0.05, 0.1) is 11.0 Å². The highest BCUT2D eigenvalue weighted by Gasteiger charge is 2.31. The minimum atomic E-state index is -4.95. The standard InChI is InChI=1S/C18H14ClF3N6O4/c1-2-14(16-24-9-25-27(16)15-4-3-12(8-23-15)28(30)31)26-17(29)10-5-11(19)7-13(6-10)32-18(20,21)22/h3-9,14H,2H2,1H3,(H,26,29). The van der Waals surface area contributed by atoms with E-state index in [9.17, 15) is 28.1 Å². The fraction of sp³-hybridized carbons (Fsp3) is 0.222. The molecule has 1 unspecified atom stereocenters. The number of carbonyl (C=O) groups excluding carboxylic acids is 1. The summed E-state index contributed by atoms with van der Waals surface area (Å²) in [6, 6.07) is 4.91. The number of amides is 1. The van der Waals surface area contributed by atoms with Crippen LogP contribution < -0.4 is 10.1 Å². The average molecular weight is 471 g/mol. The van der Waals surface area contributed by atoms with Crippen molar-refractivity contribution in [3.8, 4) is 11.6 Å². The van der Waals surface area contributed by atoms with Gasteiger partial charge in [0.25, 0.3) is 11.6 Å². The second kappa shape index (κ2) is 9.18. The quantitative estimate of drug-likeness (QED) is 0.408. The number of carbonyl (C=O) groups is 1. The molecular formula is C18H14ClF3N6O4. The molecule has 10 nitrogen and oxygen atoms in total. The van der Waals surface area contributed by atoms with Crippen molar-refractivity contribution in [3.05, 3.63) is 69.4 Å². The van der Waals surface area contributed by atoms with Gasteiger partial charge in [-0.1, -0.05) is 18.5 Å². The first-order valence-corrected chi connectivity index (χ1v) is 9.33. The molecule has 0 saturated carbocycles. The highest BCUT2D eigenvalue weighted by atomic mass is 35.5. The smallest absolute Gasteiger partial charge is 0.406 e. The van der Waals surface area contributed by atoms with Gasteiger partial charge in [0, 0.05) is 16.7 Å². The van der Waals surface area contributed by atoms with Crippen molar-refractivity contribution in [2.24, 2.45) is 0 Å². The number of nitrogens with one attached hydrogen (secondary N) is 1. The van der Waals surface area contributed by atoms with Gasteiger partial charge in [-0.25, -0.2) is 9.97 Å². The van der Waals surface area contributed by atoms with E-state index in [1.54, 1.807) is 6.92 Å². The zero-order valence-electron chi connectivity index (χ0n) is 16.2. The van der Waals surface area contributed by atoms with Crippen molar-refractivity contribution in [2.75, 3.05) is 0 Å². The van der Waals surface area contributed by atoms with Crippen LogP contribution in [0.4, 0.5) is 18.9 Å². The Kier molecular flexibility index (Phi) is 6.58. The molecule has 0 bridgehead atoms. The molecule has 0 spiro atoms. The van der Waals surface area contributed by atoms with Crippen molar-refractivity contribution in [2.45, 2.75) is 25.7 Å². The second-order valence-corrected chi connectivity index (χ2v) is 6.76. The molecule has 14 heteroatoms. The number of ether oxygens (including phenoxy) is 1. The Morgan fingerprint density at radius 1 is 1.31 bits per heavy atom. The molecule has 0 saturated heterocycles. The van der Waals surface area contributed by atoms with Crippen molar-refractivity contribution in [3.63, 3.8) is 0 Å². The first kappa shape index (κ1) is 22.9. The van der Waals surface area contributed by atoms with Gasteiger partial charge in [-0.05, 0) is 30.7 Å². The van der Waals surface area contributed by atoms with Gasteiger partial charge in [0.2, 0.25) is 0 Å². The third kappa shape index (κ3) is 5.49. The Bertz CT molecular complexity index is 1140. The van der Waals surface area contributed by atoms with Crippen LogP contribution in [0.2, 0.25) is 5.02 Å². The topological polar surface area (TPSA) is 125 Å². The van der Waals surface area contributed by atoms with E-state index in [1.807, 2.05) is 0 Å². The number of pyridine rings is 1. The summed E-state index contributed by atoms with van der Waals surface area (Å²) in [5.41, 5.74) is -0.372. The molecule has 1 aromatic carbocycles. The van der Waals surface area contributed by atoms with Gasteiger partial charge in [-0.2, -0.15) is 9.78 Å². The summed E-state index contributed by atoms with van der Waals surface area (Å²) in [4.78, 5) is 31.0. The monoisotopic (exact) mass is 470 g/mol. The molecule has 0 aliphatic rings. The van der Waals surface area contributed by atoms with Crippen molar-refractivity contribution >= 4 is 23.2 Å². The number of hydrogen-bond donors (Lipinski definition) is 1. The molecule has 32 heavy (non-hydrogen) atoms. The Balaban J connectivity index is 1.84. The fourth-order valence-electron chi connectivity index (χ4n) is 2.75. The summed E-state index contributed by atoms with van der Waals surface area (Å²) in [6.45, 7) is 1.74. The van der Waals surface area contributed by atoms with E-state index in [0.717, 1.165) is 18.3 Å². The average Bonchev–Trinajstić information content (AvgIpc) is 3.19. The van der Waals surface area contributed by atoms with Gasteiger partial charge in [0.1, 0.15) is 18.3 Å². The lowest BCUT2D eigenvalue weighted by molar-refractivity contribution is -0.385. The van der Waals surface area contributed by atoms with E-state index >= 15 is 0 Å². The lowest BCUT2D eigenvalue weighted by Crippen LogP contribution is -2.30. The lowest BCUT2D eigenvalue weighted by Gasteiger charge is -2.17. The van der Waals surface area contributed by atoms with E-state index in [-0.39, 0.29) is 27.9 Å². The molecule has 0 radical (unpaired) electrons. The highest BCUT2D eigenvalue weighted by molar-refractivity contribution is 6.31. The minimum absolute atomic E-state index is 0.122. The van der Waals surface area contributed by atoms with Crippen LogP contribution in [0.5, 0.6) is 5.75 Å². The second-order valence-electron chi connectivity index (χ2n) is 6.32. The largest absolute Gasteiger partial charge is 0.573 e. The fourth-order valence-corrected chi connectivity index (χ4v) is 2.98. The number of benzene rings is 1. The molecule has 0 fully saturated rings. The van der Waals surface area contributed by atoms with Gasteiger partial charge in [-0.3, -0.25) is 14.9 Å². The van der Waals surface area contributed by atoms with E-state index in [2.05, 4.69) is 25.1 Å². The molecule has 1 N–H and O–H groups in total. The van der Waals surface area contributed by atoms with Crippen LogP contribution in [0, 0.1) is 10.1 Å². The van der Waals surface area contributed by atoms with Crippen LogP contribution in [-0.2, 0) is 0 Å². The zero-order chi connectivity index (χ0) is 23.5. The Hall–Kier alpha value is -3.74. The van der Waals surface area contributed by atoms with Crippen LogP contribution in [-0.4, -0.2) is 36.9 Å². The van der Waals surface area contributed by atoms with Crippen molar-refractivity contribution in [1.82, 2.24) is 25.1 Å². The third-order valence-electron chi connectivity index (χ3n) is 4.13. The number of aromatic nitrogens is 4. The number of hydrogen-bond acceptors (Lipinski definition) is 7. The third-order valence-corrected chi connectivity index (χ3v) is 4.34. The van der Waals surface area contributed by atoms with Crippen LogP contribution >= 0.6 is 11.6 Å². The Morgan fingerprint density at radius 2 is 2.06 bits per heavy atom. The molecular weight excluding hydrogens is 457 g/mol. The zero-order valence-corrected chi connectivity index (χ0v) is 17.0. The molecule has 2 heterocycles. The molecule has 1 atom stereocenters. The lowest BCUT2D eigenvalue weighted by atomic mass is 10.1. The van der Waals surface area contributed by atoms with Crippen molar-refractivity contribution < 1.29 is 27.6 Å². The molecule has 168 valence electrons. The molecule has 3 rings (SSSR count). The maximum absolute atomic E-state index is 12.7. The first-order chi connectivity index (χ1) is 15.1. The predicted molar refractivity (Wildman–Crippen MR) is 104 cm³/mol. The number of halogens is 4. The van der Waals surface area contributed by atoms with Crippen molar-refractivity contribution in [1.29, 1.82) is 0 Å². The van der Waals surface area contributed by atoms with E-state index in [0.29, 0.717) is 6.42 Å². The summed E-state index contributed by atoms with van der Waals surface area (Å²) in [7, 11) is 0. The first-order valence-electron chi connectivity index (χ1n) is 8.95. The van der Waals surface area contributed by atoms with Crippen LogP contribution in [0.1, 0.15) is 35.6 Å². The van der Waals surface area contributed by atoms with Crippen LogP contribution in [0.15, 0.2) is 42.9 Å². The minimum Gasteiger partial charge on any atom is -0.406 e. The van der Waals surface area contributed by atoms with Gasteiger partial charge < -0.3 is 10.1 Å². The number of alkyl halides is 3. The van der Waals surface area contributed by atoms with Gasteiger partial charge in [-0.15, -0.1) is 13.2 Å². The molecule has 0 aliphatic heterocycles. The summed E-state index contributed by atoms with van der Waals surface area (Å²) >= 11 is 5.82. The van der Waals surface area contributed by atoms with Crippen LogP contribution in [0.3, 0.4) is 0 Å². The maximum atomic E-state index is 12.7. The number of nitrogens with zero attached hydrogens (tertiary/aromatic N) is 5. The summed E-state index contributed by atoms with van der Waals surface area (Å²) < 4.78 is 42.6. The van der Waals surface area contributed by atoms with Gasteiger partial charge in [0.15, 0.2) is 11.6 Å². The summed E-state index contributed by atoms with van der Waals surface area (Å²) in [6.07, 6.45) is -2.35. The molecule has 1 amide bonds. The van der Waals surface area contributed by atoms with E-state index in [1.165, 1.54) is 29.2 Å². The Labute approximate surface area is 183 Å². The van der Waals surface area contributed by atoms with E-state index in [4.69, 9.17) is 11.6 Å². The summed E-state index contributed by atoms with van der Waals surface area (Å²) in [5, 5.41) is 17.4. The molecule has 0 aliphatic carbocycles. The van der Waals surface area contributed by atoms with E-state index < -0.39 is 29.0 Å². The Morgan fingerprint density at radius 3 is 2.66 bits per heavy atom. The normalized spacial score (nSPS) is 12.3. The maximum Gasteiger partial charge on any atom is 0.573 e. The molecule has 3 aromatic rings. The summed E-state index contributed by atoms with van der Waals surface area (Å²) in [5.74, 6) is -0.880. The molecule has 2 aromatic heterocycles. The van der Waals surface area contributed by atoms with Crippen LogP contribution in [0.25, 0.3) is 5.82 Å². The SMILES string of the molecule is CCC(NC(=O)c1cc(Cl)cc(OC(F)(F)F)c1)c1ncnn1-c1ccc([N+](=O)[O-])cn1.